The molecule has 0 fully saturated rings. The summed E-state index contributed by atoms with van der Waals surface area (Å²) in [4.78, 5) is 18.2. The summed E-state index contributed by atoms with van der Waals surface area (Å²) >= 11 is 0. The molecule has 0 spiro atoms. The van der Waals surface area contributed by atoms with Crippen LogP contribution in [0.1, 0.15) is 26.5 Å². The molecule has 0 unspecified atom stereocenters. The first-order valence-corrected chi connectivity index (χ1v) is 4.84. The third-order valence-corrected chi connectivity index (χ3v) is 1.70. The molecular formula is C10H18ClN3O2. The Bertz CT molecular complexity index is 319. The molecule has 0 radical (unpaired) electrons. The van der Waals surface area contributed by atoms with E-state index in [2.05, 4.69) is 9.97 Å². The third kappa shape index (κ3) is 5.14. The van der Waals surface area contributed by atoms with E-state index < -0.39 is 17.6 Å². The summed E-state index contributed by atoms with van der Waals surface area (Å²) in [6.07, 6.45) is 3.61. The molecule has 6 heteroatoms. The lowest BCUT2D eigenvalue weighted by Crippen LogP contribution is -2.38. The van der Waals surface area contributed by atoms with Gasteiger partial charge in [0.1, 0.15) is 11.6 Å². The van der Waals surface area contributed by atoms with Gasteiger partial charge in [0, 0.05) is 18.3 Å². The lowest BCUT2D eigenvalue weighted by Gasteiger charge is -2.21. The Morgan fingerprint density at radius 3 is 2.69 bits per heavy atom. The number of carbonyl (C=O) groups excluding carboxylic acids is 1. The van der Waals surface area contributed by atoms with E-state index in [9.17, 15) is 4.79 Å². The van der Waals surface area contributed by atoms with Crippen LogP contribution < -0.4 is 5.73 Å². The van der Waals surface area contributed by atoms with Crippen LogP contribution in [0, 0.1) is 0 Å². The molecule has 0 aliphatic rings. The van der Waals surface area contributed by atoms with Gasteiger partial charge in [0.15, 0.2) is 0 Å². The van der Waals surface area contributed by atoms with Crippen molar-refractivity contribution in [3.05, 3.63) is 18.2 Å². The van der Waals surface area contributed by atoms with Crippen LogP contribution in [0.25, 0.3) is 0 Å². The Balaban J connectivity index is 0.00000225. The Morgan fingerprint density at radius 2 is 2.25 bits per heavy atom. The number of nitrogens with two attached hydrogens (primary N) is 1. The largest absolute Gasteiger partial charge is 0.459 e. The van der Waals surface area contributed by atoms with Crippen molar-refractivity contribution in [2.24, 2.45) is 5.73 Å². The number of aromatic nitrogens is 2. The first-order chi connectivity index (χ1) is 6.88. The monoisotopic (exact) mass is 247 g/mol. The van der Waals surface area contributed by atoms with Gasteiger partial charge in [-0.3, -0.25) is 4.79 Å². The van der Waals surface area contributed by atoms with E-state index in [0.29, 0.717) is 6.42 Å². The Kier molecular flexibility index (Phi) is 5.47. The number of esters is 1. The molecule has 1 aromatic heterocycles. The Hall–Kier alpha value is -1.07. The number of rotatable bonds is 3. The molecule has 0 aliphatic carbocycles. The minimum Gasteiger partial charge on any atom is -0.459 e. The fraction of sp³-hybridized carbons (Fsp3) is 0.600. The van der Waals surface area contributed by atoms with Crippen molar-refractivity contribution in [2.75, 3.05) is 0 Å². The number of halogens is 1. The number of hydrogen-bond donors (Lipinski definition) is 2. The highest BCUT2D eigenvalue weighted by Gasteiger charge is 2.22. The maximum absolute atomic E-state index is 11.5. The highest BCUT2D eigenvalue weighted by atomic mass is 35.5. The number of nitrogens with zero attached hydrogens (tertiary/aromatic N) is 1. The van der Waals surface area contributed by atoms with E-state index in [0.717, 1.165) is 5.69 Å². The normalized spacial score (nSPS) is 12.8. The number of nitrogens with one attached hydrogen (secondary N) is 1. The second-order valence-electron chi connectivity index (χ2n) is 4.42. The van der Waals surface area contributed by atoms with Crippen LogP contribution in [0.3, 0.4) is 0 Å². The standard InChI is InChI=1S/C10H17N3O2.ClH/c1-10(2,3)15-9(14)8(11)4-7-5-12-6-13-7;/h5-6,8H,4,11H2,1-3H3,(H,12,13);1H/t8-;/m0./s1. The molecule has 3 N–H and O–H groups in total. The van der Waals surface area contributed by atoms with Crippen LogP contribution in [0.2, 0.25) is 0 Å². The van der Waals surface area contributed by atoms with Gasteiger partial charge in [-0.15, -0.1) is 12.4 Å². The van der Waals surface area contributed by atoms with Crippen molar-refractivity contribution in [1.82, 2.24) is 9.97 Å². The Labute approximate surface area is 101 Å². The molecule has 1 rings (SSSR count). The quantitative estimate of drug-likeness (QED) is 0.782. The smallest absolute Gasteiger partial charge is 0.323 e. The van der Waals surface area contributed by atoms with Crippen molar-refractivity contribution < 1.29 is 9.53 Å². The van der Waals surface area contributed by atoms with Gasteiger partial charge in [-0.05, 0) is 20.8 Å². The lowest BCUT2D eigenvalue weighted by molar-refractivity contribution is -0.156. The van der Waals surface area contributed by atoms with Crippen molar-refractivity contribution in [3.63, 3.8) is 0 Å². The number of hydrogen-bond acceptors (Lipinski definition) is 4. The summed E-state index contributed by atoms with van der Waals surface area (Å²) in [6.45, 7) is 5.44. The molecule has 5 nitrogen and oxygen atoms in total. The zero-order valence-electron chi connectivity index (χ0n) is 9.69. The molecule has 0 saturated carbocycles. The first-order valence-electron chi connectivity index (χ1n) is 4.84. The molecular weight excluding hydrogens is 230 g/mol. The second kappa shape index (κ2) is 5.86. The minimum atomic E-state index is -0.648. The van der Waals surface area contributed by atoms with E-state index in [1.54, 1.807) is 12.5 Å². The van der Waals surface area contributed by atoms with Crippen molar-refractivity contribution in [2.45, 2.75) is 38.8 Å². The maximum Gasteiger partial charge on any atom is 0.323 e. The maximum atomic E-state index is 11.5. The van der Waals surface area contributed by atoms with Gasteiger partial charge in [-0.2, -0.15) is 0 Å². The Morgan fingerprint density at radius 1 is 1.62 bits per heavy atom. The van der Waals surface area contributed by atoms with Crippen LogP contribution in [0.15, 0.2) is 12.5 Å². The third-order valence-electron chi connectivity index (χ3n) is 1.70. The zero-order valence-corrected chi connectivity index (χ0v) is 10.5. The van der Waals surface area contributed by atoms with Gasteiger partial charge in [0.05, 0.1) is 6.33 Å². The van der Waals surface area contributed by atoms with Crippen molar-refractivity contribution in [1.29, 1.82) is 0 Å². The number of carbonyl (C=O) groups is 1. The molecule has 0 saturated heterocycles. The predicted octanol–water partition coefficient (Wildman–Crippen LogP) is 1.04. The van der Waals surface area contributed by atoms with E-state index in [1.807, 2.05) is 20.8 Å². The molecule has 0 aliphatic heterocycles. The van der Waals surface area contributed by atoms with Gasteiger partial charge in [0.25, 0.3) is 0 Å². The zero-order chi connectivity index (χ0) is 11.5. The molecule has 16 heavy (non-hydrogen) atoms. The number of aromatic amines is 1. The average molecular weight is 248 g/mol. The number of imidazole rings is 1. The van der Waals surface area contributed by atoms with E-state index in [-0.39, 0.29) is 12.4 Å². The highest BCUT2D eigenvalue weighted by Crippen LogP contribution is 2.09. The van der Waals surface area contributed by atoms with Crippen LogP contribution in [-0.4, -0.2) is 27.6 Å². The number of H-pyrrole nitrogens is 1. The van der Waals surface area contributed by atoms with Crippen LogP contribution in [0.5, 0.6) is 0 Å². The molecule has 92 valence electrons. The first kappa shape index (κ1) is 14.9. The van der Waals surface area contributed by atoms with E-state index >= 15 is 0 Å². The van der Waals surface area contributed by atoms with Crippen LogP contribution >= 0.6 is 12.4 Å². The predicted molar refractivity (Wildman–Crippen MR) is 63.4 cm³/mol. The molecule has 0 aromatic carbocycles. The molecule has 1 aromatic rings. The fourth-order valence-electron chi connectivity index (χ4n) is 1.09. The van der Waals surface area contributed by atoms with Crippen molar-refractivity contribution >= 4 is 18.4 Å². The number of ether oxygens (including phenoxy) is 1. The van der Waals surface area contributed by atoms with Gasteiger partial charge in [-0.25, -0.2) is 4.98 Å². The second-order valence-corrected chi connectivity index (χ2v) is 4.42. The van der Waals surface area contributed by atoms with Crippen LogP contribution in [0.4, 0.5) is 0 Å². The van der Waals surface area contributed by atoms with Gasteiger partial charge < -0.3 is 15.5 Å². The molecule has 0 amide bonds. The van der Waals surface area contributed by atoms with Gasteiger partial charge >= 0.3 is 5.97 Å². The topological polar surface area (TPSA) is 81.0 Å². The fourth-order valence-corrected chi connectivity index (χ4v) is 1.09. The summed E-state index contributed by atoms with van der Waals surface area (Å²) in [5, 5.41) is 0. The highest BCUT2D eigenvalue weighted by molar-refractivity contribution is 5.85. The van der Waals surface area contributed by atoms with E-state index in [4.69, 9.17) is 10.5 Å². The summed E-state index contributed by atoms with van der Waals surface area (Å²) in [7, 11) is 0. The molecule has 1 atom stereocenters. The van der Waals surface area contributed by atoms with Gasteiger partial charge in [-0.1, -0.05) is 0 Å². The lowest BCUT2D eigenvalue weighted by atomic mass is 10.1. The average Bonchev–Trinajstić information content (AvgIpc) is 2.53. The minimum absolute atomic E-state index is 0. The molecule has 1 heterocycles. The summed E-state index contributed by atoms with van der Waals surface area (Å²) < 4.78 is 5.15. The van der Waals surface area contributed by atoms with Crippen LogP contribution in [-0.2, 0) is 16.0 Å². The molecule has 0 bridgehead atoms. The summed E-state index contributed by atoms with van der Waals surface area (Å²) in [6, 6.07) is -0.648. The summed E-state index contributed by atoms with van der Waals surface area (Å²) in [5.74, 6) is -0.392. The van der Waals surface area contributed by atoms with Crippen molar-refractivity contribution in [3.8, 4) is 0 Å². The summed E-state index contributed by atoms with van der Waals surface area (Å²) in [5.41, 5.74) is 6.02. The van der Waals surface area contributed by atoms with E-state index in [1.165, 1.54) is 0 Å². The SMILES string of the molecule is CC(C)(C)OC(=O)[C@@H](N)Cc1cnc[nH]1.Cl. The van der Waals surface area contributed by atoms with Gasteiger partial charge in [0.2, 0.25) is 0 Å².